The van der Waals surface area contributed by atoms with Crippen LogP contribution in [0.15, 0.2) is 60.7 Å². The molecule has 6 heteroatoms. The minimum absolute atomic E-state index is 0.0627. The predicted octanol–water partition coefficient (Wildman–Crippen LogP) is 6.23. The van der Waals surface area contributed by atoms with E-state index in [2.05, 4.69) is 13.0 Å². The van der Waals surface area contributed by atoms with Gasteiger partial charge in [0.15, 0.2) is 23.0 Å². The van der Waals surface area contributed by atoms with E-state index in [1.807, 2.05) is 86.5 Å². The van der Waals surface area contributed by atoms with E-state index in [4.69, 9.17) is 14.2 Å². The van der Waals surface area contributed by atoms with Crippen LogP contribution in [0.5, 0.6) is 23.0 Å². The fraction of sp³-hybridized carbons (Fsp3) is 0.355. The Balaban J connectivity index is 1.64. The molecule has 0 bridgehead atoms. The summed E-state index contributed by atoms with van der Waals surface area (Å²) in [5, 5.41) is 21.9. The van der Waals surface area contributed by atoms with E-state index in [1.54, 1.807) is 14.2 Å². The number of hydrogen-bond donors (Lipinski definition) is 2. The van der Waals surface area contributed by atoms with E-state index in [0.29, 0.717) is 23.6 Å². The van der Waals surface area contributed by atoms with E-state index in [9.17, 15) is 10.2 Å². The maximum Gasteiger partial charge on any atom is 0.165 e. The molecule has 0 aliphatic carbocycles. The van der Waals surface area contributed by atoms with Crippen LogP contribution >= 0.6 is 0 Å². The monoisotopic (exact) mass is 503 g/mol. The number of methoxy groups -OCH3 is 2. The van der Waals surface area contributed by atoms with Gasteiger partial charge in [-0.3, -0.25) is 4.90 Å². The Morgan fingerprint density at radius 2 is 1.76 bits per heavy atom. The number of allylic oxidation sites excluding steroid dienone is 1. The highest BCUT2D eigenvalue weighted by Gasteiger charge is 2.36. The van der Waals surface area contributed by atoms with E-state index < -0.39 is 6.10 Å². The Kier molecular flexibility index (Phi) is 8.10. The number of aromatic hydroxyl groups is 1. The molecule has 3 aromatic rings. The lowest BCUT2D eigenvalue weighted by Gasteiger charge is -2.30. The Bertz CT molecular complexity index is 1260. The molecule has 6 nitrogen and oxygen atoms in total. The number of likely N-dealkylation sites (N-methyl/N-ethyl adjacent to an activating group) is 1. The summed E-state index contributed by atoms with van der Waals surface area (Å²) >= 11 is 0. The van der Waals surface area contributed by atoms with Gasteiger partial charge in [0.2, 0.25) is 0 Å². The Hall–Kier alpha value is -3.48. The van der Waals surface area contributed by atoms with Gasteiger partial charge in [-0.25, -0.2) is 0 Å². The number of phenols is 1. The molecule has 0 saturated heterocycles. The van der Waals surface area contributed by atoms with Crippen molar-refractivity contribution >= 4 is 6.08 Å². The van der Waals surface area contributed by atoms with Gasteiger partial charge in [0.1, 0.15) is 6.10 Å². The molecule has 4 atom stereocenters. The maximum absolute atomic E-state index is 11.0. The SMILES string of the molecule is C/C=C/c1cc(OC)c2c(c1)[C@@H](C)[C@H](c1cc(CN(C)C(C)C(O)c3ccccc3)c(O)c(OC)c1)O2. The predicted molar refractivity (Wildman–Crippen MR) is 146 cm³/mol. The van der Waals surface area contributed by atoms with E-state index in [0.717, 1.165) is 28.0 Å². The first kappa shape index (κ1) is 26.6. The van der Waals surface area contributed by atoms with Crippen LogP contribution in [0.4, 0.5) is 0 Å². The summed E-state index contributed by atoms with van der Waals surface area (Å²) < 4.78 is 17.7. The van der Waals surface area contributed by atoms with Gasteiger partial charge in [-0.2, -0.15) is 0 Å². The van der Waals surface area contributed by atoms with Crippen LogP contribution in [0.25, 0.3) is 6.08 Å². The van der Waals surface area contributed by atoms with Gasteiger partial charge < -0.3 is 24.4 Å². The van der Waals surface area contributed by atoms with E-state index in [-0.39, 0.29) is 23.8 Å². The van der Waals surface area contributed by atoms with Crippen LogP contribution in [0, 0.1) is 0 Å². The number of nitrogens with zero attached hydrogens (tertiary/aromatic N) is 1. The number of phenolic OH excluding ortho intramolecular Hbond substituents is 1. The molecule has 1 aliphatic rings. The summed E-state index contributed by atoms with van der Waals surface area (Å²) in [6.07, 6.45) is 3.12. The lowest BCUT2D eigenvalue weighted by molar-refractivity contribution is 0.0683. The summed E-state index contributed by atoms with van der Waals surface area (Å²) in [5.41, 5.74) is 4.62. The molecule has 196 valence electrons. The molecule has 3 aromatic carbocycles. The molecule has 0 amide bonds. The zero-order valence-corrected chi connectivity index (χ0v) is 22.4. The average molecular weight is 504 g/mol. The highest BCUT2D eigenvalue weighted by atomic mass is 16.5. The van der Waals surface area contributed by atoms with E-state index in [1.165, 1.54) is 0 Å². The highest BCUT2D eigenvalue weighted by Crippen LogP contribution is 2.52. The first-order valence-corrected chi connectivity index (χ1v) is 12.6. The molecule has 1 heterocycles. The fourth-order valence-corrected chi connectivity index (χ4v) is 5.01. The molecule has 0 fully saturated rings. The number of aliphatic hydroxyl groups is 1. The summed E-state index contributed by atoms with van der Waals surface area (Å²) in [7, 11) is 5.14. The van der Waals surface area contributed by atoms with Crippen LogP contribution < -0.4 is 14.2 Å². The van der Waals surface area contributed by atoms with Crippen LogP contribution in [-0.2, 0) is 6.54 Å². The van der Waals surface area contributed by atoms with Gasteiger partial charge in [0.05, 0.1) is 20.3 Å². The standard InChI is InChI=1S/C31H37NO5/c1-7-11-21-14-25-19(2)30(37-31(25)27(15-21)36-6)23-16-24(29(34)26(17-23)35-5)18-32(4)20(3)28(33)22-12-9-8-10-13-22/h7-17,19-20,28,30,33-34H,18H2,1-6H3/b11-7+/t19-,20?,28?,30-/m1/s1. The van der Waals surface area contributed by atoms with Crippen molar-refractivity contribution in [3.63, 3.8) is 0 Å². The minimum atomic E-state index is -0.662. The van der Waals surface area contributed by atoms with Crippen molar-refractivity contribution in [2.24, 2.45) is 0 Å². The Morgan fingerprint density at radius 1 is 1.05 bits per heavy atom. The zero-order valence-electron chi connectivity index (χ0n) is 22.4. The van der Waals surface area contributed by atoms with Gasteiger partial charge in [-0.05, 0) is 61.9 Å². The number of aliphatic hydroxyl groups excluding tert-OH is 1. The average Bonchev–Trinajstić information content (AvgIpc) is 3.25. The van der Waals surface area contributed by atoms with Gasteiger partial charge in [-0.15, -0.1) is 0 Å². The summed E-state index contributed by atoms with van der Waals surface area (Å²) in [6.45, 7) is 6.52. The van der Waals surface area contributed by atoms with Crippen molar-refractivity contribution in [1.82, 2.24) is 4.90 Å². The number of fused-ring (bicyclic) bond motifs is 1. The van der Waals surface area contributed by atoms with Crippen molar-refractivity contribution in [3.05, 3.63) is 88.5 Å². The third-order valence-corrected chi connectivity index (χ3v) is 7.31. The first-order valence-electron chi connectivity index (χ1n) is 12.6. The Morgan fingerprint density at radius 3 is 2.41 bits per heavy atom. The largest absolute Gasteiger partial charge is 0.504 e. The van der Waals surface area contributed by atoms with Crippen LogP contribution in [0.3, 0.4) is 0 Å². The van der Waals surface area contributed by atoms with Crippen molar-refractivity contribution in [2.75, 3.05) is 21.3 Å². The van der Waals surface area contributed by atoms with Crippen molar-refractivity contribution in [1.29, 1.82) is 0 Å². The molecule has 4 rings (SSSR count). The molecule has 0 spiro atoms. The van der Waals surface area contributed by atoms with Crippen LogP contribution in [-0.4, -0.2) is 42.4 Å². The molecular weight excluding hydrogens is 466 g/mol. The second kappa shape index (κ2) is 11.3. The molecule has 2 N–H and O–H groups in total. The first-order chi connectivity index (χ1) is 17.8. The van der Waals surface area contributed by atoms with Gasteiger partial charge in [0, 0.05) is 29.6 Å². The molecule has 37 heavy (non-hydrogen) atoms. The lowest BCUT2D eigenvalue weighted by atomic mass is 9.90. The molecular formula is C31H37NO5. The topological polar surface area (TPSA) is 71.4 Å². The van der Waals surface area contributed by atoms with Gasteiger partial charge >= 0.3 is 0 Å². The third kappa shape index (κ3) is 5.31. The molecule has 0 aromatic heterocycles. The Labute approximate surface area is 219 Å². The smallest absolute Gasteiger partial charge is 0.165 e. The van der Waals surface area contributed by atoms with Crippen molar-refractivity contribution in [3.8, 4) is 23.0 Å². The fourth-order valence-electron chi connectivity index (χ4n) is 5.01. The lowest BCUT2D eigenvalue weighted by Crippen LogP contribution is -2.34. The van der Waals surface area contributed by atoms with Gasteiger partial charge in [-0.1, -0.05) is 49.4 Å². The summed E-state index contributed by atoms with van der Waals surface area (Å²) in [5.74, 6) is 2.00. The van der Waals surface area contributed by atoms with Crippen molar-refractivity contribution < 1.29 is 24.4 Å². The summed E-state index contributed by atoms with van der Waals surface area (Å²) in [4.78, 5) is 2.02. The number of hydrogen-bond acceptors (Lipinski definition) is 6. The molecule has 2 unspecified atom stereocenters. The van der Waals surface area contributed by atoms with E-state index >= 15 is 0 Å². The minimum Gasteiger partial charge on any atom is -0.504 e. The summed E-state index contributed by atoms with van der Waals surface area (Å²) in [6, 6.07) is 17.4. The number of benzene rings is 3. The normalized spacial score (nSPS) is 18.5. The molecule has 0 radical (unpaired) electrons. The van der Waals surface area contributed by atoms with Crippen LogP contribution in [0.1, 0.15) is 66.7 Å². The molecule has 0 saturated carbocycles. The number of rotatable bonds is 9. The second-order valence-electron chi connectivity index (χ2n) is 9.71. The van der Waals surface area contributed by atoms with Crippen molar-refractivity contribution in [2.45, 2.75) is 51.5 Å². The number of ether oxygens (including phenoxy) is 3. The maximum atomic E-state index is 11.0. The quantitative estimate of drug-likeness (QED) is 0.361. The van der Waals surface area contributed by atoms with Gasteiger partial charge in [0.25, 0.3) is 0 Å². The van der Waals surface area contributed by atoms with Crippen LogP contribution in [0.2, 0.25) is 0 Å². The highest BCUT2D eigenvalue weighted by molar-refractivity contribution is 5.62. The third-order valence-electron chi connectivity index (χ3n) is 7.31. The molecule has 1 aliphatic heterocycles. The zero-order chi connectivity index (χ0) is 26.7. The second-order valence-corrected chi connectivity index (χ2v) is 9.71.